The fourth-order valence-corrected chi connectivity index (χ4v) is 2.97. The highest BCUT2D eigenvalue weighted by Crippen LogP contribution is 2.26. The summed E-state index contributed by atoms with van der Waals surface area (Å²) in [7, 11) is 0. The average Bonchev–Trinajstić information content (AvgIpc) is 2.59. The first-order valence-corrected chi connectivity index (χ1v) is 8.56. The fourth-order valence-electron chi connectivity index (χ4n) is 2.97. The zero-order chi connectivity index (χ0) is 16.8. The number of benzene rings is 2. The van der Waals surface area contributed by atoms with Gasteiger partial charge in [0.25, 0.3) is 0 Å². The molecule has 0 radical (unpaired) electrons. The van der Waals surface area contributed by atoms with Crippen molar-refractivity contribution in [2.75, 3.05) is 25.0 Å². The number of amides is 1. The molecule has 0 aromatic heterocycles. The van der Waals surface area contributed by atoms with Gasteiger partial charge in [-0.05, 0) is 68.8 Å². The van der Waals surface area contributed by atoms with E-state index in [-0.39, 0.29) is 5.91 Å². The van der Waals surface area contributed by atoms with Crippen molar-refractivity contribution in [1.29, 1.82) is 0 Å². The predicted octanol–water partition coefficient (Wildman–Crippen LogP) is 4.21. The molecule has 4 heteroatoms. The van der Waals surface area contributed by atoms with E-state index in [1.54, 1.807) is 0 Å². The second kappa shape index (κ2) is 7.97. The van der Waals surface area contributed by atoms with Gasteiger partial charge in [0, 0.05) is 5.69 Å². The number of anilines is 1. The van der Waals surface area contributed by atoms with Crippen molar-refractivity contribution in [3.63, 3.8) is 0 Å². The molecule has 24 heavy (non-hydrogen) atoms. The number of hydrogen-bond donors (Lipinski definition) is 1. The summed E-state index contributed by atoms with van der Waals surface area (Å²) in [5, 5.41) is 3.01. The summed E-state index contributed by atoms with van der Waals surface area (Å²) in [6.45, 7) is 4.50. The molecular formula is C20H24N2O2. The zero-order valence-corrected chi connectivity index (χ0v) is 14.1. The highest BCUT2D eigenvalue weighted by atomic mass is 16.5. The van der Waals surface area contributed by atoms with Gasteiger partial charge in [0.05, 0.1) is 6.54 Å². The maximum atomic E-state index is 12.2. The number of aryl methyl sites for hydroxylation is 1. The number of rotatable bonds is 5. The zero-order valence-electron chi connectivity index (χ0n) is 14.1. The SMILES string of the molecule is Cc1cc(Oc2ccccc2)ccc1NC(=O)CN1CCCCC1. The lowest BCUT2D eigenvalue weighted by atomic mass is 10.1. The lowest BCUT2D eigenvalue weighted by Crippen LogP contribution is -2.36. The summed E-state index contributed by atoms with van der Waals surface area (Å²) in [4.78, 5) is 14.4. The summed E-state index contributed by atoms with van der Waals surface area (Å²) < 4.78 is 5.82. The number of para-hydroxylation sites is 1. The normalized spacial score (nSPS) is 15.0. The number of nitrogens with one attached hydrogen (secondary N) is 1. The van der Waals surface area contributed by atoms with Gasteiger partial charge in [0.2, 0.25) is 5.91 Å². The third kappa shape index (κ3) is 4.59. The van der Waals surface area contributed by atoms with Gasteiger partial charge in [-0.1, -0.05) is 24.6 Å². The Morgan fingerprint density at radius 3 is 2.50 bits per heavy atom. The van der Waals surface area contributed by atoms with Crippen LogP contribution in [-0.4, -0.2) is 30.4 Å². The van der Waals surface area contributed by atoms with Crippen molar-refractivity contribution in [2.45, 2.75) is 26.2 Å². The molecule has 0 bridgehead atoms. The molecule has 0 spiro atoms. The van der Waals surface area contributed by atoms with Crippen molar-refractivity contribution >= 4 is 11.6 Å². The predicted molar refractivity (Wildman–Crippen MR) is 96.6 cm³/mol. The first-order valence-electron chi connectivity index (χ1n) is 8.56. The van der Waals surface area contributed by atoms with Crippen LogP contribution in [0.4, 0.5) is 5.69 Å². The van der Waals surface area contributed by atoms with Crippen LogP contribution in [0.3, 0.4) is 0 Å². The van der Waals surface area contributed by atoms with Crippen LogP contribution in [0.5, 0.6) is 11.5 Å². The molecule has 1 heterocycles. The number of likely N-dealkylation sites (tertiary alicyclic amines) is 1. The molecule has 0 unspecified atom stereocenters. The summed E-state index contributed by atoms with van der Waals surface area (Å²) in [5.41, 5.74) is 1.84. The fraction of sp³-hybridized carbons (Fsp3) is 0.350. The van der Waals surface area contributed by atoms with Gasteiger partial charge in [-0.25, -0.2) is 0 Å². The summed E-state index contributed by atoms with van der Waals surface area (Å²) in [6, 6.07) is 15.4. The Labute approximate surface area is 143 Å². The molecule has 1 N–H and O–H groups in total. The highest BCUT2D eigenvalue weighted by Gasteiger charge is 2.14. The van der Waals surface area contributed by atoms with E-state index in [2.05, 4.69) is 10.2 Å². The van der Waals surface area contributed by atoms with E-state index < -0.39 is 0 Å². The Bertz CT molecular complexity index is 679. The molecular weight excluding hydrogens is 300 g/mol. The van der Waals surface area contributed by atoms with Gasteiger partial charge in [-0.3, -0.25) is 9.69 Å². The molecule has 126 valence electrons. The van der Waals surface area contributed by atoms with Crippen molar-refractivity contribution in [3.8, 4) is 11.5 Å². The lowest BCUT2D eigenvalue weighted by molar-refractivity contribution is -0.117. The van der Waals surface area contributed by atoms with E-state index in [1.165, 1.54) is 19.3 Å². The lowest BCUT2D eigenvalue weighted by Gasteiger charge is -2.25. The number of carbonyl (C=O) groups excluding carboxylic acids is 1. The maximum absolute atomic E-state index is 12.2. The molecule has 1 aliphatic rings. The van der Waals surface area contributed by atoms with Crippen LogP contribution in [-0.2, 0) is 4.79 Å². The van der Waals surface area contributed by atoms with Crippen LogP contribution in [0.2, 0.25) is 0 Å². The molecule has 0 atom stereocenters. The smallest absolute Gasteiger partial charge is 0.238 e. The molecule has 3 rings (SSSR count). The Balaban J connectivity index is 1.59. The molecule has 1 saturated heterocycles. The third-order valence-corrected chi connectivity index (χ3v) is 4.27. The Morgan fingerprint density at radius 2 is 1.79 bits per heavy atom. The molecule has 2 aromatic rings. The molecule has 1 amide bonds. The van der Waals surface area contributed by atoms with Gasteiger partial charge < -0.3 is 10.1 Å². The maximum Gasteiger partial charge on any atom is 0.238 e. The molecule has 4 nitrogen and oxygen atoms in total. The topological polar surface area (TPSA) is 41.6 Å². The summed E-state index contributed by atoms with van der Waals surface area (Å²) in [5.74, 6) is 1.63. The molecule has 0 aliphatic carbocycles. The minimum absolute atomic E-state index is 0.0525. The van der Waals surface area contributed by atoms with Crippen LogP contribution in [0, 0.1) is 6.92 Å². The van der Waals surface area contributed by atoms with Crippen molar-refractivity contribution < 1.29 is 9.53 Å². The van der Waals surface area contributed by atoms with Gasteiger partial charge >= 0.3 is 0 Å². The molecule has 2 aromatic carbocycles. The van der Waals surface area contributed by atoms with Crippen LogP contribution >= 0.6 is 0 Å². The first kappa shape index (κ1) is 16.5. The van der Waals surface area contributed by atoms with Crippen molar-refractivity contribution in [3.05, 3.63) is 54.1 Å². The average molecular weight is 324 g/mol. The number of piperidine rings is 1. The third-order valence-electron chi connectivity index (χ3n) is 4.27. The number of hydrogen-bond acceptors (Lipinski definition) is 3. The minimum Gasteiger partial charge on any atom is -0.457 e. The van der Waals surface area contributed by atoms with Crippen molar-refractivity contribution in [1.82, 2.24) is 4.90 Å². The quantitative estimate of drug-likeness (QED) is 0.895. The van der Waals surface area contributed by atoms with Gasteiger partial charge in [0.1, 0.15) is 11.5 Å². The first-order chi connectivity index (χ1) is 11.7. The van der Waals surface area contributed by atoms with E-state index >= 15 is 0 Å². The van der Waals surface area contributed by atoms with Crippen LogP contribution < -0.4 is 10.1 Å². The van der Waals surface area contributed by atoms with E-state index in [4.69, 9.17) is 4.74 Å². The Morgan fingerprint density at radius 1 is 1.04 bits per heavy atom. The number of ether oxygens (including phenoxy) is 1. The number of nitrogens with zero attached hydrogens (tertiary/aromatic N) is 1. The summed E-state index contributed by atoms with van der Waals surface area (Å²) >= 11 is 0. The van der Waals surface area contributed by atoms with E-state index in [9.17, 15) is 4.79 Å². The van der Waals surface area contributed by atoms with Crippen LogP contribution in [0.25, 0.3) is 0 Å². The minimum atomic E-state index is 0.0525. The number of carbonyl (C=O) groups is 1. The van der Waals surface area contributed by atoms with Gasteiger partial charge in [-0.15, -0.1) is 0 Å². The largest absolute Gasteiger partial charge is 0.457 e. The van der Waals surface area contributed by atoms with E-state index in [1.807, 2.05) is 55.5 Å². The van der Waals surface area contributed by atoms with Gasteiger partial charge in [0.15, 0.2) is 0 Å². The Kier molecular flexibility index (Phi) is 5.49. The van der Waals surface area contributed by atoms with Crippen LogP contribution in [0.1, 0.15) is 24.8 Å². The van der Waals surface area contributed by atoms with E-state index in [0.29, 0.717) is 6.54 Å². The standard InChI is InChI=1S/C20H24N2O2/c1-16-14-18(24-17-8-4-2-5-9-17)10-11-19(16)21-20(23)15-22-12-6-3-7-13-22/h2,4-5,8-11,14H,3,6-7,12-13,15H2,1H3,(H,21,23). The van der Waals surface area contributed by atoms with E-state index in [0.717, 1.165) is 35.8 Å². The monoisotopic (exact) mass is 324 g/mol. The van der Waals surface area contributed by atoms with Crippen molar-refractivity contribution in [2.24, 2.45) is 0 Å². The van der Waals surface area contributed by atoms with Crippen LogP contribution in [0.15, 0.2) is 48.5 Å². The van der Waals surface area contributed by atoms with Gasteiger partial charge in [-0.2, -0.15) is 0 Å². The molecule has 1 aliphatic heterocycles. The molecule has 0 saturated carbocycles. The molecule has 1 fully saturated rings. The Hall–Kier alpha value is -2.33. The summed E-state index contributed by atoms with van der Waals surface area (Å²) in [6.07, 6.45) is 3.66. The second-order valence-corrected chi connectivity index (χ2v) is 6.28. The second-order valence-electron chi connectivity index (χ2n) is 6.28. The highest BCUT2D eigenvalue weighted by molar-refractivity contribution is 5.93.